The van der Waals surface area contributed by atoms with Crippen LogP contribution in [0, 0.1) is 0 Å². The Labute approximate surface area is 87.6 Å². The van der Waals surface area contributed by atoms with Gasteiger partial charge in [-0.05, 0) is 18.6 Å². The number of hydrogen-bond donors (Lipinski definition) is 0. The van der Waals surface area contributed by atoms with E-state index in [-0.39, 0.29) is 6.54 Å². The van der Waals surface area contributed by atoms with Gasteiger partial charge in [-0.1, -0.05) is 12.1 Å². The van der Waals surface area contributed by atoms with E-state index in [9.17, 15) is 9.18 Å². The molecule has 1 unspecified atom stereocenters. The van der Waals surface area contributed by atoms with Crippen LogP contribution in [0.1, 0.15) is 24.2 Å². The van der Waals surface area contributed by atoms with E-state index in [1.807, 2.05) is 0 Å². The van der Waals surface area contributed by atoms with Crippen LogP contribution in [0.2, 0.25) is 0 Å². The SMILES string of the molecule is COc1cccc(CN=C=O)c1C(C)F. The number of hydrogen-bond acceptors (Lipinski definition) is 3. The second kappa shape index (κ2) is 5.27. The van der Waals surface area contributed by atoms with Crippen molar-refractivity contribution >= 4 is 6.08 Å². The maximum Gasteiger partial charge on any atom is 0.235 e. The number of methoxy groups -OCH3 is 1. The third-order valence-corrected chi connectivity index (χ3v) is 2.09. The monoisotopic (exact) mass is 209 g/mol. The first-order chi connectivity index (χ1) is 7.20. The third-order valence-electron chi connectivity index (χ3n) is 2.09. The van der Waals surface area contributed by atoms with Gasteiger partial charge in [0.05, 0.1) is 13.7 Å². The molecule has 1 rings (SSSR count). The van der Waals surface area contributed by atoms with Gasteiger partial charge < -0.3 is 4.74 Å². The van der Waals surface area contributed by atoms with Crippen molar-refractivity contribution in [2.75, 3.05) is 7.11 Å². The van der Waals surface area contributed by atoms with Crippen LogP contribution < -0.4 is 4.74 Å². The molecule has 0 aliphatic heterocycles. The second-order valence-electron chi connectivity index (χ2n) is 3.06. The molecule has 0 N–H and O–H groups in total. The first-order valence-corrected chi connectivity index (χ1v) is 4.54. The van der Waals surface area contributed by atoms with Crippen LogP contribution in [0.5, 0.6) is 5.75 Å². The maximum atomic E-state index is 13.3. The standard InChI is InChI=1S/C11H12FNO2/c1-8(12)11-9(6-13-7-14)4-3-5-10(11)15-2/h3-5,8H,6H2,1-2H3. The molecular formula is C11H12FNO2. The number of rotatable bonds is 4. The highest BCUT2D eigenvalue weighted by Crippen LogP contribution is 2.31. The fourth-order valence-corrected chi connectivity index (χ4v) is 1.47. The van der Waals surface area contributed by atoms with Gasteiger partial charge in [0.15, 0.2) is 0 Å². The van der Waals surface area contributed by atoms with Crippen LogP contribution in [0.4, 0.5) is 4.39 Å². The number of nitrogens with zero attached hydrogens (tertiary/aromatic N) is 1. The molecule has 3 nitrogen and oxygen atoms in total. The molecule has 1 aromatic rings. The lowest BCUT2D eigenvalue weighted by molar-refractivity contribution is 0.344. The van der Waals surface area contributed by atoms with E-state index in [1.54, 1.807) is 18.2 Å². The lowest BCUT2D eigenvalue weighted by Gasteiger charge is -2.13. The zero-order valence-electron chi connectivity index (χ0n) is 8.66. The molecule has 0 saturated heterocycles. The zero-order chi connectivity index (χ0) is 11.3. The average Bonchev–Trinajstić information content (AvgIpc) is 2.25. The van der Waals surface area contributed by atoms with Crippen molar-refractivity contribution in [3.63, 3.8) is 0 Å². The van der Waals surface area contributed by atoms with Crippen molar-refractivity contribution in [3.8, 4) is 5.75 Å². The van der Waals surface area contributed by atoms with Gasteiger partial charge in [0, 0.05) is 5.56 Å². The third kappa shape index (κ3) is 2.64. The smallest absolute Gasteiger partial charge is 0.235 e. The largest absolute Gasteiger partial charge is 0.496 e. The Balaban J connectivity index is 3.18. The maximum absolute atomic E-state index is 13.3. The molecule has 0 aromatic heterocycles. The summed E-state index contributed by atoms with van der Waals surface area (Å²) in [4.78, 5) is 13.4. The number of ether oxygens (including phenoxy) is 1. The summed E-state index contributed by atoms with van der Waals surface area (Å²) in [6.07, 6.45) is 0.277. The number of halogens is 1. The van der Waals surface area contributed by atoms with Gasteiger partial charge in [-0.2, -0.15) is 0 Å². The minimum atomic E-state index is -1.15. The Bertz CT molecular complexity index is 384. The number of isocyanates is 1. The summed E-state index contributed by atoms with van der Waals surface area (Å²) in [5, 5.41) is 0. The predicted molar refractivity (Wildman–Crippen MR) is 54.3 cm³/mol. The second-order valence-corrected chi connectivity index (χ2v) is 3.06. The Hall–Kier alpha value is -1.67. The summed E-state index contributed by atoms with van der Waals surface area (Å²) in [5.41, 5.74) is 1.09. The molecule has 4 heteroatoms. The van der Waals surface area contributed by atoms with E-state index in [2.05, 4.69) is 4.99 Å². The van der Waals surface area contributed by atoms with Crippen molar-refractivity contribution in [2.45, 2.75) is 19.6 Å². The minimum absolute atomic E-state index is 0.129. The van der Waals surface area contributed by atoms with Crippen LogP contribution in [-0.4, -0.2) is 13.2 Å². The van der Waals surface area contributed by atoms with Crippen LogP contribution in [0.3, 0.4) is 0 Å². The molecule has 0 radical (unpaired) electrons. The highest BCUT2D eigenvalue weighted by molar-refractivity contribution is 5.43. The molecule has 0 amide bonds. The molecule has 0 saturated carbocycles. The van der Waals surface area contributed by atoms with Gasteiger partial charge in [0.1, 0.15) is 11.9 Å². The van der Waals surface area contributed by atoms with E-state index in [0.717, 1.165) is 0 Å². The quantitative estimate of drug-likeness (QED) is 0.564. The summed E-state index contributed by atoms with van der Waals surface area (Å²) in [5.74, 6) is 0.476. The number of aliphatic imine (C=N–C) groups is 1. The van der Waals surface area contributed by atoms with Gasteiger partial charge in [0.25, 0.3) is 0 Å². The molecule has 1 atom stereocenters. The molecule has 0 bridgehead atoms. The number of alkyl halides is 1. The topological polar surface area (TPSA) is 38.7 Å². The van der Waals surface area contributed by atoms with E-state index in [1.165, 1.54) is 20.1 Å². The summed E-state index contributed by atoms with van der Waals surface area (Å²) < 4.78 is 18.4. The zero-order valence-corrected chi connectivity index (χ0v) is 8.66. The van der Waals surface area contributed by atoms with Crippen molar-refractivity contribution < 1.29 is 13.9 Å². The Morgan fingerprint density at radius 2 is 2.33 bits per heavy atom. The molecule has 1 aromatic carbocycles. The first-order valence-electron chi connectivity index (χ1n) is 4.54. The predicted octanol–water partition coefficient (Wildman–Crippen LogP) is 2.56. The Morgan fingerprint density at radius 3 is 2.87 bits per heavy atom. The van der Waals surface area contributed by atoms with Gasteiger partial charge in [-0.25, -0.2) is 14.2 Å². The van der Waals surface area contributed by atoms with E-state index >= 15 is 0 Å². The molecular weight excluding hydrogens is 197 g/mol. The minimum Gasteiger partial charge on any atom is -0.496 e. The Kier molecular flexibility index (Phi) is 4.01. The molecule has 0 aliphatic rings. The average molecular weight is 209 g/mol. The molecule has 0 spiro atoms. The van der Waals surface area contributed by atoms with Gasteiger partial charge in [-0.3, -0.25) is 0 Å². The van der Waals surface area contributed by atoms with Gasteiger partial charge >= 0.3 is 0 Å². The number of benzene rings is 1. The van der Waals surface area contributed by atoms with Gasteiger partial charge in [-0.15, -0.1) is 0 Å². The summed E-state index contributed by atoms with van der Waals surface area (Å²) in [6, 6.07) is 5.13. The van der Waals surface area contributed by atoms with Crippen molar-refractivity contribution in [1.82, 2.24) is 0 Å². The lowest BCUT2D eigenvalue weighted by Crippen LogP contribution is -1.98. The molecule has 0 aliphatic carbocycles. The Morgan fingerprint density at radius 1 is 1.60 bits per heavy atom. The van der Waals surface area contributed by atoms with Crippen LogP contribution in [0.25, 0.3) is 0 Å². The van der Waals surface area contributed by atoms with Crippen LogP contribution in [-0.2, 0) is 11.3 Å². The van der Waals surface area contributed by atoms with E-state index in [4.69, 9.17) is 4.74 Å². The summed E-state index contributed by atoms with van der Waals surface area (Å²) in [6.45, 7) is 1.55. The highest BCUT2D eigenvalue weighted by Gasteiger charge is 2.14. The normalized spacial score (nSPS) is 11.7. The van der Waals surface area contributed by atoms with E-state index < -0.39 is 6.17 Å². The fraction of sp³-hybridized carbons (Fsp3) is 0.364. The highest BCUT2D eigenvalue weighted by atomic mass is 19.1. The number of carbonyl (C=O) groups excluding carboxylic acids is 1. The molecule has 15 heavy (non-hydrogen) atoms. The summed E-state index contributed by atoms with van der Waals surface area (Å²) >= 11 is 0. The molecule has 0 heterocycles. The van der Waals surface area contributed by atoms with Crippen molar-refractivity contribution in [3.05, 3.63) is 29.3 Å². The van der Waals surface area contributed by atoms with E-state index in [0.29, 0.717) is 16.9 Å². The van der Waals surface area contributed by atoms with Crippen molar-refractivity contribution in [1.29, 1.82) is 0 Å². The first kappa shape index (κ1) is 11.4. The van der Waals surface area contributed by atoms with Crippen LogP contribution in [0.15, 0.2) is 23.2 Å². The lowest BCUT2D eigenvalue weighted by atomic mass is 10.0. The van der Waals surface area contributed by atoms with Gasteiger partial charge in [0.2, 0.25) is 6.08 Å². The van der Waals surface area contributed by atoms with Crippen molar-refractivity contribution in [2.24, 2.45) is 4.99 Å². The fourth-order valence-electron chi connectivity index (χ4n) is 1.47. The summed E-state index contributed by atoms with van der Waals surface area (Å²) in [7, 11) is 1.48. The molecule has 80 valence electrons. The molecule has 0 fully saturated rings. The van der Waals surface area contributed by atoms with Crippen LogP contribution >= 0.6 is 0 Å².